The monoisotopic (exact) mass is 596 g/mol. The van der Waals surface area contributed by atoms with Gasteiger partial charge < -0.3 is 18.9 Å². The maximum Gasteiger partial charge on any atom is 0.180 e. The van der Waals surface area contributed by atoms with Gasteiger partial charge in [-0.25, -0.2) is 0 Å². The fourth-order valence-electron chi connectivity index (χ4n) is 8.25. The molecule has 34 heavy (non-hydrogen) atoms. The maximum atomic E-state index is 12.7. The molecule has 0 aromatic rings. The Bertz CT molecular complexity index is 1010. The molecule has 0 radical (unpaired) electrons. The minimum atomic E-state index is -0.506. The average Bonchev–Trinajstić information content (AvgIpc) is 3.68. The van der Waals surface area contributed by atoms with Crippen LogP contribution in [0.4, 0.5) is 0 Å². The van der Waals surface area contributed by atoms with Crippen molar-refractivity contribution in [2.75, 3.05) is 26.4 Å². The first kappa shape index (κ1) is 22.8. The molecule has 2 saturated carbocycles. The lowest BCUT2D eigenvalue weighted by Gasteiger charge is -2.49. The first-order valence-corrected chi connectivity index (χ1v) is 13.9. The summed E-state index contributed by atoms with van der Waals surface area (Å²) < 4.78 is 25.2. The number of ketones is 2. The third-order valence-electron chi connectivity index (χ3n) is 10.3. The van der Waals surface area contributed by atoms with E-state index in [0.717, 1.165) is 21.8 Å². The molecular weight excluding hydrogens is 568 g/mol. The molecule has 4 unspecified atom stereocenters. The van der Waals surface area contributed by atoms with Crippen molar-refractivity contribution in [2.45, 2.75) is 62.9 Å². The number of hydrogen-bond donors (Lipinski definition) is 0. The van der Waals surface area contributed by atoms with E-state index < -0.39 is 22.0 Å². The van der Waals surface area contributed by atoms with Gasteiger partial charge in [0.2, 0.25) is 0 Å². The Morgan fingerprint density at radius 2 is 1.03 bits per heavy atom. The SMILES string of the molecule is CC1(C)OC[C@]23C=C(Br)C(CC12)[C@@]1(CO1)C3=O.CC1(C)OC[C@]23C=C(Br)C(CC12)[C@]1(CO1)C3=O. The number of hydrogen-bond acceptors (Lipinski definition) is 6. The van der Waals surface area contributed by atoms with Crippen LogP contribution >= 0.6 is 31.9 Å². The number of carbonyl (C=O) groups is 2. The van der Waals surface area contributed by atoms with Crippen molar-refractivity contribution in [2.24, 2.45) is 34.5 Å². The summed E-state index contributed by atoms with van der Waals surface area (Å²) in [6.45, 7) is 10.6. The van der Waals surface area contributed by atoms with Crippen LogP contribution in [0.25, 0.3) is 0 Å². The van der Waals surface area contributed by atoms with E-state index in [4.69, 9.17) is 18.9 Å². The van der Waals surface area contributed by atoms with Gasteiger partial charge in [-0.15, -0.1) is 0 Å². The Morgan fingerprint density at radius 3 is 1.35 bits per heavy atom. The van der Waals surface area contributed by atoms with Crippen molar-refractivity contribution in [3.05, 3.63) is 21.1 Å². The second-order valence-electron chi connectivity index (χ2n) is 12.6. The highest BCUT2D eigenvalue weighted by atomic mass is 79.9. The average molecular weight is 598 g/mol. The van der Waals surface area contributed by atoms with E-state index in [2.05, 4.69) is 71.7 Å². The van der Waals surface area contributed by atoms with Gasteiger partial charge in [-0.2, -0.15) is 0 Å². The molecular formula is C26H30Br2O6. The van der Waals surface area contributed by atoms with Crippen molar-refractivity contribution in [1.29, 1.82) is 0 Å². The van der Waals surface area contributed by atoms with Gasteiger partial charge in [0, 0.05) is 23.7 Å². The molecule has 6 fully saturated rings. The number of carbonyl (C=O) groups excluding carboxylic acids is 2. The lowest BCUT2D eigenvalue weighted by molar-refractivity contribution is -0.141. The van der Waals surface area contributed by atoms with Gasteiger partial charge in [0.1, 0.15) is 0 Å². The van der Waals surface area contributed by atoms with Crippen LogP contribution in [0.15, 0.2) is 21.1 Å². The predicted molar refractivity (Wildman–Crippen MR) is 130 cm³/mol. The zero-order valence-corrected chi connectivity index (χ0v) is 23.1. The topological polar surface area (TPSA) is 77.7 Å². The first-order valence-electron chi connectivity index (χ1n) is 12.3. The normalized spacial score (nSPS) is 53.8. The molecule has 4 heterocycles. The van der Waals surface area contributed by atoms with Crippen LogP contribution in [0, 0.1) is 34.5 Å². The molecule has 10 aliphatic rings. The maximum absolute atomic E-state index is 12.7. The quantitative estimate of drug-likeness (QED) is 0.391. The van der Waals surface area contributed by atoms with E-state index >= 15 is 0 Å². The van der Waals surface area contributed by atoms with Gasteiger partial charge in [-0.3, -0.25) is 9.59 Å². The van der Waals surface area contributed by atoms with Gasteiger partial charge in [0.05, 0.1) is 48.5 Å². The summed E-state index contributed by atoms with van der Waals surface area (Å²) in [5.41, 5.74) is -2.29. The number of epoxide rings is 2. The molecule has 0 aromatic heterocycles. The van der Waals surface area contributed by atoms with Crippen molar-refractivity contribution in [3.8, 4) is 0 Å². The van der Waals surface area contributed by atoms with Crippen LogP contribution in [0.3, 0.4) is 0 Å². The molecule has 6 nitrogen and oxygen atoms in total. The molecule has 6 aliphatic carbocycles. The second-order valence-corrected chi connectivity index (χ2v) is 14.5. The summed E-state index contributed by atoms with van der Waals surface area (Å²) in [6.07, 6.45) is 6.21. The highest BCUT2D eigenvalue weighted by Crippen LogP contribution is 2.67. The predicted octanol–water partition coefficient (Wildman–Crippen LogP) is 4.10. The summed E-state index contributed by atoms with van der Waals surface area (Å²) in [4.78, 5) is 25.5. The standard InChI is InChI=1S/2C13H15BrO3/c2*1-11(2)9-3-7-8(14)4-12(9,5-16-11)10(15)13(7)6-17-13/h2*4,7,9H,3,5-6H2,1-2H3/t7?,9?,12-,13+;7?,9?,12-,13-/m11/s1. The summed E-state index contributed by atoms with van der Waals surface area (Å²) in [6, 6.07) is 0. The van der Waals surface area contributed by atoms with Gasteiger partial charge in [0.15, 0.2) is 22.8 Å². The van der Waals surface area contributed by atoms with Crippen molar-refractivity contribution >= 4 is 43.4 Å². The minimum Gasteiger partial charge on any atom is -0.374 e. The van der Waals surface area contributed by atoms with E-state index in [-0.39, 0.29) is 34.6 Å². The van der Waals surface area contributed by atoms with Gasteiger partial charge in [-0.1, -0.05) is 44.0 Å². The van der Waals surface area contributed by atoms with Crippen LogP contribution in [0.5, 0.6) is 0 Å². The fraction of sp³-hybridized carbons (Fsp3) is 0.769. The molecule has 0 N–H and O–H groups in total. The zero-order valence-electron chi connectivity index (χ0n) is 19.9. The van der Waals surface area contributed by atoms with Crippen LogP contribution in [-0.4, -0.2) is 60.4 Å². The largest absolute Gasteiger partial charge is 0.374 e. The first-order chi connectivity index (χ1) is 15.8. The van der Waals surface area contributed by atoms with E-state index in [1.165, 1.54) is 0 Å². The third kappa shape index (κ3) is 2.47. The molecule has 4 bridgehead atoms. The zero-order chi connectivity index (χ0) is 24.1. The van der Waals surface area contributed by atoms with E-state index in [1.807, 2.05) is 0 Å². The summed E-state index contributed by atoms with van der Waals surface area (Å²) >= 11 is 7.26. The van der Waals surface area contributed by atoms with Crippen molar-refractivity contribution in [1.82, 2.24) is 0 Å². The highest BCUT2D eigenvalue weighted by molar-refractivity contribution is 9.12. The number of rotatable bonds is 0. The van der Waals surface area contributed by atoms with Crippen LogP contribution in [0.1, 0.15) is 40.5 Å². The lowest BCUT2D eigenvalue weighted by atomic mass is 9.52. The summed E-state index contributed by atoms with van der Waals surface area (Å²) in [5, 5.41) is 0. The minimum absolute atomic E-state index is 0.200. The van der Waals surface area contributed by atoms with Crippen LogP contribution in [0.2, 0.25) is 0 Å². The van der Waals surface area contributed by atoms with Crippen molar-refractivity contribution < 1.29 is 28.5 Å². The second kappa shape index (κ2) is 6.36. The van der Waals surface area contributed by atoms with E-state index in [9.17, 15) is 9.59 Å². The Labute approximate surface area is 216 Å². The summed E-state index contributed by atoms with van der Waals surface area (Å²) in [7, 11) is 0. The number of Topliss-reactive ketones (excluding diaryl/α,β-unsaturated/α-hetero) is 2. The molecule has 0 amide bonds. The van der Waals surface area contributed by atoms with Crippen LogP contribution < -0.4 is 0 Å². The van der Waals surface area contributed by atoms with Gasteiger partial charge in [0.25, 0.3) is 0 Å². The number of ether oxygens (including phenoxy) is 4. The molecule has 4 spiro atoms. The number of halogens is 2. The Hall–Kier alpha value is -0.380. The van der Waals surface area contributed by atoms with Gasteiger partial charge in [-0.05, 0) is 49.5 Å². The Balaban J connectivity index is 0.000000118. The Morgan fingerprint density at radius 1 is 0.676 bits per heavy atom. The molecule has 8 heteroatoms. The Kier molecular flexibility index (Phi) is 4.26. The molecule has 4 saturated heterocycles. The van der Waals surface area contributed by atoms with Gasteiger partial charge >= 0.3 is 0 Å². The molecule has 184 valence electrons. The fourth-order valence-corrected chi connectivity index (χ4v) is 10.2. The lowest BCUT2D eigenvalue weighted by Crippen LogP contribution is -2.59. The smallest absolute Gasteiger partial charge is 0.180 e. The van der Waals surface area contributed by atoms with E-state index in [1.54, 1.807) is 0 Å². The highest BCUT2D eigenvalue weighted by Gasteiger charge is 2.76. The molecule has 8 atom stereocenters. The van der Waals surface area contributed by atoms with Crippen LogP contribution in [-0.2, 0) is 28.5 Å². The summed E-state index contributed by atoms with van der Waals surface area (Å²) in [5.74, 6) is 1.54. The molecule has 0 aromatic carbocycles. The molecule has 10 rings (SSSR count). The van der Waals surface area contributed by atoms with E-state index in [0.29, 0.717) is 38.3 Å². The third-order valence-corrected chi connectivity index (χ3v) is 11.9. The molecule has 4 aliphatic heterocycles. The van der Waals surface area contributed by atoms with Crippen molar-refractivity contribution in [3.63, 3.8) is 0 Å².